The largest absolute Gasteiger partial charge is 0.354 e. The van der Waals surface area contributed by atoms with Gasteiger partial charge in [0.25, 0.3) is 0 Å². The average molecular weight is 277 g/mol. The first-order chi connectivity index (χ1) is 9.08. The highest BCUT2D eigenvalue weighted by atomic mass is 35.5. The molecule has 0 spiro atoms. The molecule has 0 aliphatic heterocycles. The Hall–Kier alpha value is -1.81. The third kappa shape index (κ3) is 3.58. The lowest BCUT2D eigenvalue weighted by Crippen LogP contribution is -2.05. The van der Waals surface area contributed by atoms with Crippen molar-refractivity contribution in [2.24, 2.45) is 0 Å². The van der Waals surface area contributed by atoms with Gasteiger partial charge in [0.1, 0.15) is 5.82 Å². The van der Waals surface area contributed by atoms with Gasteiger partial charge in [-0.3, -0.25) is 0 Å². The molecule has 5 heteroatoms. The number of anilines is 3. The molecule has 0 amide bonds. The lowest BCUT2D eigenvalue weighted by molar-refractivity contribution is 1.05. The van der Waals surface area contributed by atoms with Gasteiger partial charge in [0, 0.05) is 29.0 Å². The van der Waals surface area contributed by atoms with E-state index in [1.54, 1.807) is 0 Å². The molecule has 0 saturated heterocycles. The summed E-state index contributed by atoms with van der Waals surface area (Å²) in [4.78, 5) is 8.73. The molecule has 2 N–H and O–H groups in total. The summed E-state index contributed by atoms with van der Waals surface area (Å²) in [7, 11) is 0. The summed E-state index contributed by atoms with van der Waals surface area (Å²) in [6.07, 6.45) is 0. The summed E-state index contributed by atoms with van der Waals surface area (Å²) in [5, 5.41) is 7.09. The van der Waals surface area contributed by atoms with E-state index in [1.165, 1.54) is 0 Å². The maximum Gasteiger partial charge on any atom is 0.224 e. The van der Waals surface area contributed by atoms with Crippen LogP contribution in [0.15, 0.2) is 24.3 Å². The molecule has 0 saturated carbocycles. The Balaban J connectivity index is 2.29. The van der Waals surface area contributed by atoms with Gasteiger partial charge < -0.3 is 10.6 Å². The third-order valence-electron chi connectivity index (χ3n) is 2.65. The van der Waals surface area contributed by atoms with Crippen molar-refractivity contribution in [1.82, 2.24) is 9.97 Å². The Labute approximate surface area is 118 Å². The van der Waals surface area contributed by atoms with Crippen LogP contribution >= 0.6 is 11.6 Å². The second-order valence-electron chi connectivity index (χ2n) is 4.33. The highest BCUT2D eigenvalue weighted by molar-refractivity contribution is 6.30. The van der Waals surface area contributed by atoms with Gasteiger partial charge in [-0.1, -0.05) is 17.7 Å². The Kier molecular flexibility index (Phi) is 4.22. The number of benzene rings is 1. The van der Waals surface area contributed by atoms with E-state index in [0.717, 1.165) is 29.3 Å². The summed E-state index contributed by atoms with van der Waals surface area (Å²) in [5.41, 5.74) is 2.98. The minimum atomic E-state index is 0.629. The molecule has 100 valence electrons. The van der Waals surface area contributed by atoms with Gasteiger partial charge in [0.15, 0.2) is 0 Å². The van der Waals surface area contributed by atoms with Crippen molar-refractivity contribution in [3.05, 3.63) is 40.5 Å². The summed E-state index contributed by atoms with van der Waals surface area (Å²) in [6, 6.07) is 7.64. The fourth-order valence-electron chi connectivity index (χ4n) is 1.74. The highest BCUT2D eigenvalue weighted by Crippen LogP contribution is 2.23. The summed E-state index contributed by atoms with van der Waals surface area (Å²) >= 11 is 6.01. The molecular weight excluding hydrogens is 260 g/mol. The van der Waals surface area contributed by atoms with Gasteiger partial charge in [-0.2, -0.15) is 4.98 Å². The van der Waals surface area contributed by atoms with Gasteiger partial charge in [0.05, 0.1) is 0 Å². The van der Waals surface area contributed by atoms with E-state index in [2.05, 4.69) is 20.6 Å². The molecule has 0 fully saturated rings. The number of nitrogens with one attached hydrogen (secondary N) is 2. The Morgan fingerprint density at radius 1 is 1.16 bits per heavy atom. The van der Waals surface area contributed by atoms with Crippen molar-refractivity contribution < 1.29 is 0 Å². The fourth-order valence-corrected chi connectivity index (χ4v) is 1.91. The normalized spacial score (nSPS) is 10.3. The highest BCUT2D eigenvalue weighted by Gasteiger charge is 2.04. The lowest BCUT2D eigenvalue weighted by Gasteiger charge is -2.11. The summed E-state index contributed by atoms with van der Waals surface area (Å²) < 4.78 is 0. The first-order valence-corrected chi connectivity index (χ1v) is 6.59. The molecule has 0 aliphatic carbocycles. The number of hydrogen-bond acceptors (Lipinski definition) is 4. The van der Waals surface area contributed by atoms with Gasteiger partial charge in [-0.15, -0.1) is 0 Å². The van der Waals surface area contributed by atoms with Crippen LogP contribution in [-0.2, 0) is 0 Å². The minimum Gasteiger partial charge on any atom is -0.354 e. The van der Waals surface area contributed by atoms with Crippen molar-refractivity contribution in [2.75, 3.05) is 17.2 Å². The molecule has 0 aliphatic rings. The summed E-state index contributed by atoms with van der Waals surface area (Å²) in [6.45, 7) is 6.77. The third-order valence-corrected chi connectivity index (χ3v) is 2.89. The van der Waals surface area contributed by atoms with E-state index >= 15 is 0 Å². The number of aromatic nitrogens is 2. The molecular formula is C14H17ClN4. The Morgan fingerprint density at radius 2 is 1.95 bits per heavy atom. The maximum atomic E-state index is 6.01. The Morgan fingerprint density at radius 3 is 2.68 bits per heavy atom. The molecule has 0 atom stereocenters. The predicted octanol–water partition coefficient (Wildman–Crippen LogP) is 3.92. The number of nitrogens with zero attached hydrogens (tertiary/aromatic N) is 2. The van der Waals surface area contributed by atoms with E-state index in [4.69, 9.17) is 11.6 Å². The van der Waals surface area contributed by atoms with Gasteiger partial charge >= 0.3 is 0 Å². The van der Waals surface area contributed by atoms with Gasteiger partial charge in [0.2, 0.25) is 5.95 Å². The van der Waals surface area contributed by atoms with Crippen LogP contribution in [0.1, 0.15) is 18.2 Å². The predicted molar refractivity (Wildman–Crippen MR) is 80.4 cm³/mol. The zero-order chi connectivity index (χ0) is 13.8. The molecule has 2 aromatic rings. The topological polar surface area (TPSA) is 49.8 Å². The molecule has 0 radical (unpaired) electrons. The van der Waals surface area contributed by atoms with Gasteiger partial charge in [-0.25, -0.2) is 4.98 Å². The lowest BCUT2D eigenvalue weighted by atomic mass is 10.2. The van der Waals surface area contributed by atoms with Crippen LogP contribution in [0.4, 0.5) is 17.5 Å². The monoisotopic (exact) mass is 276 g/mol. The van der Waals surface area contributed by atoms with Crippen LogP contribution in [0.5, 0.6) is 0 Å². The molecule has 1 aromatic carbocycles. The van der Waals surface area contributed by atoms with Crippen molar-refractivity contribution in [1.29, 1.82) is 0 Å². The molecule has 4 nitrogen and oxygen atoms in total. The number of hydrogen-bond donors (Lipinski definition) is 2. The van der Waals surface area contributed by atoms with E-state index in [-0.39, 0.29) is 0 Å². The minimum absolute atomic E-state index is 0.629. The van der Waals surface area contributed by atoms with E-state index in [0.29, 0.717) is 11.0 Å². The number of halogens is 1. The van der Waals surface area contributed by atoms with E-state index in [1.807, 2.05) is 45.0 Å². The van der Waals surface area contributed by atoms with E-state index in [9.17, 15) is 0 Å². The molecule has 0 bridgehead atoms. The van der Waals surface area contributed by atoms with Crippen molar-refractivity contribution in [3.63, 3.8) is 0 Å². The standard InChI is InChI=1S/C14H17ClN4/c1-4-16-14-17-10(3)7-13(19-14)18-12-8-11(15)6-5-9(12)2/h5-8H,4H2,1-3H3,(H2,16,17,18,19). The van der Waals surface area contributed by atoms with Crippen molar-refractivity contribution in [3.8, 4) is 0 Å². The molecule has 19 heavy (non-hydrogen) atoms. The SMILES string of the molecule is CCNc1nc(C)cc(Nc2cc(Cl)ccc2C)n1. The molecule has 2 rings (SSSR count). The number of aryl methyl sites for hydroxylation is 2. The maximum absolute atomic E-state index is 6.01. The average Bonchev–Trinajstić information content (AvgIpc) is 2.33. The van der Waals surface area contributed by atoms with Crippen LogP contribution in [-0.4, -0.2) is 16.5 Å². The Bertz CT molecular complexity index is 584. The van der Waals surface area contributed by atoms with Gasteiger partial charge in [-0.05, 0) is 38.5 Å². The van der Waals surface area contributed by atoms with Crippen LogP contribution in [0.3, 0.4) is 0 Å². The fraction of sp³-hybridized carbons (Fsp3) is 0.286. The second-order valence-corrected chi connectivity index (χ2v) is 4.77. The first-order valence-electron chi connectivity index (χ1n) is 6.21. The van der Waals surface area contributed by atoms with Crippen molar-refractivity contribution in [2.45, 2.75) is 20.8 Å². The van der Waals surface area contributed by atoms with Crippen molar-refractivity contribution >= 4 is 29.1 Å². The van der Waals surface area contributed by atoms with Crippen LogP contribution in [0.2, 0.25) is 5.02 Å². The smallest absolute Gasteiger partial charge is 0.224 e. The van der Waals surface area contributed by atoms with Crippen LogP contribution in [0.25, 0.3) is 0 Å². The number of rotatable bonds is 4. The zero-order valence-electron chi connectivity index (χ0n) is 11.3. The van der Waals surface area contributed by atoms with E-state index < -0.39 is 0 Å². The molecule has 1 aromatic heterocycles. The van der Waals surface area contributed by atoms with Crippen LogP contribution < -0.4 is 10.6 Å². The first kappa shape index (κ1) is 13.6. The zero-order valence-corrected chi connectivity index (χ0v) is 12.0. The summed E-state index contributed by atoms with van der Waals surface area (Å²) in [5.74, 6) is 1.39. The molecule has 1 heterocycles. The second kappa shape index (κ2) is 5.89. The van der Waals surface area contributed by atoms with Crippen LogP contribution in [0, 0.1) is 13.8 Å². The quantitative estimate of drug-likeness (QED) is 0.889. The molecule has 0 unspecified atom stereocenters.